The number of phenols is 1. The zero-order valence-corrected chi connectivity index (χ0v) is 12.0. The summed E-state index contributed by atoms with van der Waals surface area (Å²) in [5, 5.41) is 16.8. The van der Waals surface area contributed by atoms with Gasteiger partial charge in [-0.2, -0.15) is 5.10 Å². The van der Waals surface area contributed by atoms with Crippen LogP contribution in [0, 0.1) is 0 Å². The molecule has 0 saturated heterocycles. The van der Waals surface area contributed by atoms with Crippen LogP contribution in [0.5, 0.6) is 5.75 Å². The quantitative estimate of drug-likeness (QED) is 0.906. The van der Waals surface area contributed by atoms with Gasteiger partial charge in [-0.25, -0.2) is 4.68 Å². The molecule has 0 aliphatic carbocycles. The third-order valence-corrected chi connectivity index (χ3v) is 3.51. The lowest BCUT2D eigenvalue weighted by atomic mass is 10.2. The molecule has 6 heteroatoms. The maximum Gasteiger partial charge on any atom is 0.283 e. The number of nitrogens with one attached hydrogen (secondary N) is 1. The van der Waals surface area contributed by atoms with Crippen LogP contribution in [0.1, 0.15) is 12.5 Å². The Bertz CT molecular complexity index is 640. The molecule has 0 amide bonds. The first-order valence-corrected chi connectivity index (χ1v) is 6.69. The molecule has 2 aromatic rings. The first kappa shape index (κ1) is 13.6. The fourth-order valence-electron chi connectivity index (χ4n) is 1.66. The third kappa shape index (κ3) is 2.96. The van der Waals surface area contributed by atoms with Crippen molar-refractivity contribution in [2.24, 2.45) is 0 Å². The minimum Gasteiger partial charge on any atom is -0.508 e. The van der Waals surface area contributed by atoms with Crippen LogP contribution in [0.2, 0.25) is 0 Å². The number of anilines is 1. The average molecular weight is 324 g/mol. The summed E-state index contributed by atoms with van der Waals surface area (Å²) in [6, 6.07) is 7.05. The molecule has 0 aliphatic rings. The minimum absolute atomic E-state index is 0.176. The van der Waals surface area contributed by atoms with Gasteiger partial charge >= 0.3 is 0 Å². The Morgan fingerprint density at radius 2 is 2.16 bits per heavy atom. The van der Waals surface area contributed by atoms with Gasteiger partial charge in [0.2, 0.25) is 0 Å². The molecule has 0 saturated carbocycles. The number of hydrogen-bond acceptors (Lipinski definition) is 4. The van der Waals surface area contributed by atoms with E-state index in [4.69, 9.17) is 0 Å². The van der Waals surface area contributed by atoms with E-state index in [1.165, 1.54) is 4.68 Å². The standard InChI is InChI=1S/C13H14BrN3O2/c1-2-17-13(19)12(14)10(8-16-17)15-7-9-5-3-4-6-11(9)18/h3-6,8,15,18H,2,7H2,1H3. The predicted octanol–water partition coefficient (Wildman–Crippen LogP) is 2.34. The van der Waals surface area contributed by atoms with Gasteiger partial charge < -0.3 is 10.4 Å². The number of benzene rings is 1. The Kier molecular flexibility index (Phi) is 4.21. The molecular weight excluding hydrogens is 310 g/mol. The molecule has 5 nitrogen and oxygen atoms in total. The summed E-state index contributed by atoms with van der Waals surface area (Å²) >= 11 is 3.27. The first-order chi connectivity index (χ1) is 9.13. The molecule has 19 heavy (non-hydrogen) atoms. The predicted molar refractivity (Wildman–Crippen MR) is 77.3 cm³/mol. The zero-order valence-electron chi connectivity index (χ0n) is 10.4. The summed E-state index contributed by atoms with van der Waals surface area (Å²) in [5.41, 5.74) is 1.19. The minimum atomic E-state index is -0.176. The number of aromatic nitrogens is 2. The van der Waals surface area contributed by atoms with Gasteiger partial charge in [-0.05, 0) is 28.9 Å². The molecule has 0 radical (unpaired) electrons. The molecule has 1 aromatic carbocycles. The van der Waals surface area contributed by atoms with Gasteiger partial charge in [-0.3, -0.25) is 4.79 Å². The number of rotatable bonds is 4. The van der Waals surface area contributed by atoms with Crippen molar-refractivity contribution in [1.29, 1.82) is 0 Å². The second kappa shape index (κ2) is 5.88. The van der Waals surface area contributed by atoms with Crippen LogP contribution >= 0.6 is 15.9 Å². The van der Waals surface area contributed by atoms with E-state index in [0.717, 1.165) is 5.56 Å². The summed E-state index contributed by atoms with van der Waals surface area (Å²) in [5.74, 6) is 0.223. The molecule has 0 bridgehead atoms. The van der Waals surface area contributed by atoms with Crippen molar-refractivity contribution in [3.63, 3.8) is 0 Å². The Hall–Kier alpha value is -1.82. The van der Waals surface area contributed by atoms with E-state index in [0.29, 0.717) is 23.2 Å². The largest absolute Gasteiger partial charge is 0.508 e. The number of phenolic OH excluding ortho intramolecular Hbond substituents is 1. The maximum atomic E-state index is 11.9. The van der Waals surface area contributed by atoms with Crippen LogP contribution in [0.3, 0.4) is 0 Å². The van der Waals surface area contributed by atoms with Crippen LogP contribution in [0.25, 0.3) is 0 Å². The van der Waals surface area contributed by atoms with E-state index >= 15 is 0 Å². The summed E-state index contributed by atoms with van der Waals surface area (Å²) < 4.78 is 1.81. The van der Waals surface area contributed by atoms with Crippen LogP contribution in [0.4, 0.5) is 5.69 Å². The molecule has 2 N–H and O–H groups in total. The Morgan fingerprint density at radius 3 is 2.84 bits per heavy atom. The second-order valence-corrected chi connectivity index (χ2v) is 4.77. The fourth-order valence-corrected chi connectivity index (χ4v) is 2.11. The van der Waals surface area contributed by atoms with Crippen LogP contribution in [-0.2, 0) is 13.1 Å². The van der Waals surface area contributed by atoms with E-state index in [1.807, 2.05) is 19.1 Å². The van der Waals surface area contributed by atoms with E-state index in [-0.39, 0.29) is 11.3 Å². The first-order valence-electron chi connectivity index (χ1n) is 5.89. The number of nitrogens with zero attached hydrogens (tertiary/aromatic N) is 2. The number of halogens is 1. The highest BCUT2D eigenvalue weighted by atomic mass is 79.9. The van der Waals surface area contributed by atoms with Crippen molar-refractivity contribution in [1.82, 2.24) is 9.78 Å². The van der Waals surface area contributed by atoms with Crippen molar-refractivity contribution in [3.05, 3.63) is 50.9 Å². The van der Waals surface area contributed by atoms with Crippen molar-refractivity contribution < 1.29 is 5.11 Å². The van der Waals surface area contributed by atoms with E-state index in [9.17, 15) is 9.90 Å². The highest BCUT2D eigenvalue weighted by Crippen LogP contribution is 2.20. The Labute approximate surface area is 119 Å². The molecular formula is C13H14BrN3O2. The summed E-state index contributed by atoms with van der Waals surface area (Å²) in [7, 11) is 0. The average Bonchev–Trinajstić information content (AvgIpc) is 2.42. The lowest BCUT2D eigenvalue weighted by Crippen LogP contribution is -2.23. The van der Waals surface area contributed by atoms with Crippen molar-refractivity contribution in [2.45, 2.75) is 20.0 Å². The number of hydrogen-bond donors (Lipinski definition) is 2. The molecule has 0 spiro atoms. The molecule has 2 rings (SSSR count). The van der Waals surface area contributed by atoms with Crippen molar-refractivity contribution >= 4 is 21.6 Å². The van der Waals surface area contributed by atoms with Gasteiger partial charge in [-0.1, -0.05) is 18.2 Å². The molecule has 1 aromatic heterocycles. The summed E-state index contributed by atoms with van der Waals surface area (Å²) in [6.45, 7) is 2.80. The Balaban J connectivity index is 2.19. The Morgan fingerprint density at radius 1 is 1.42 bits per heavy atom. The van der Waals surface area contributed by atoms with Crippen LogP contribution in [0.15, 0.2) is 39.7 Å². The second-order valence-electron chi connectivity index (χ2n) is 3.98. The van der Waals surface area contributed by atoms with Crippen LogP contribution < -0.4 is 10.9 Å². The van der Waals surface area contributed by atoms with Gasteiger partial charge in [0, 0.05) is 18.7 Å². The third-order valence-electron chi connectivity index (χ3n) is 2.75. The summed E-state index contributed by atoms with van der Waals surface area (Å²) in [6.07, 6.45) is 1.59. The monoisotopic (exact) mass is 323 g/mol. The van der Waals surface area contributed by atoms with E-state index in [1.54, 1.807) is 18.3 Å². The molecule has 0 fully saturated rings. The fraction of sp³-hybridized carbons (Fsp3) is 0.231. The highest BCUT2D eigenvalue weighted by Gasteiger charge is 2.08. The van der Waals surface area contributed by atoms with Gasteiger partial charge in [-0.15, -0.1) is 0 Å². The van der Waals surface area contributed by atoms with Crippen LogP contribution in [-0.4, -0.2) is 14.9 Å². The summed E-state index contributed by atoms with van der Waals surface area (Å²) in [4.78, 5) is 11.9. The SMILES string of the molecule is CCn1ncc(NCc2ccccc2O)c(Br)c1=O. The molecule has 100 valence electrons. The number of para-hydroxylation sites is 1. The zero-order chi connectivity index (χ0) is 13.8. The maximum absolute atomic E-state index is 11.9. The van der Waals surface area contributed by atoms with Gasteiger partial charge in [0.1, 0.15) is 10.2 Å². The van der Waals surface area contributed by atoms with Gasteiger partial charge in [0.15, 0.2) is 0 Å². The van der Waals surface area contributed by atoms with Crippen molar-refractivity contribution in [3.8, 4) is 5.75 Å². The topological polar surface area (TPSA) is 67.2 Å². The van der Waals surface area contributed by atoms with E-state index < -0.39 is 0 Å². The van der Waals surface area contributed by atoms with Gasteiger partial charge in [0.25, 0.3) is 5.56 Å². The molecule has 1 heterocycles. The van der Waals surface area contributed by atoms with E-state index in [2.05, 4.69) is 26.3 Å². The lowest BCUT2D eigenvalue weighted by molar-refractivity contribution is 0.469. The normalized spacial score (nSPS) is 10.4. The molecule has 0 unspecified atom stereocenters. The highest BCUT2D eigenvalue weighted by molar-refractivity contribution is 9.10. The number of aromatic hydroxyl groups is 1. The smallest absolute Gasteiger partial charge is 0.283 e. The molecule has 0 atom stereocenters. The number of aryl methyl sites for hydroxylation is 1. The van der Waals surface area contributed by atoms with Crippen molar-refractivity contribution in [2.75, 3.05) is 5.32 Å². The van der Waals surface area contributed by atoms with Gasteiger partial charge in [0.05, 0.1) is 11.9 Å². The lowest BCUT2D eigenvalue weighted by Gasteiger charge is -2.10. The molecule has 0 aliphatic heterocycles.